The third kappa shape index (κ3) is 10.9. The van der Waals surface area contributed by atoms with Crippen LogP contribution in [-0.4, -0.2) is 80.9 Å². The molecule has 1 aromatic rings. The lowest BCUT2D eigenvalue weighted by Gasteiger charge is -2.22. The molecule has 10 nitrogen and oxygen atoms in total. The first-order valence-corrected chi connectivity index (χ1v) is 11.0. The first-order chi connectivity index (χ1) is 15.5. The van der Waals surface area contributed by atoms with E-state index in [2.05, 4.69) is 10.6 Å². The number of carbonyl (C=O) groups excluding carboxylic acids is 3. The number of anilines is 1. The van der Waals surface area contributed by atoms with Crippen molar-refractivity contribution in [2.45, 2.75) is 52.9 Å². The van der Waals surface area contributed by atoms with Gasteiger partial charge in [0.05, 0.1) is 18.9 Å². The summed E-state index contributed by atoms with van der Waals surface area (Å²) < 4.78 is 15.8. The van der Waals surface area contributed by atoms with Gasteiger partial charge in [-0.1, -0.05) is 19.9 Å². The molecule has 0 unspecified atom stereocenters. The van der Waals surface area contributed by atoms with Crippen LogP contribution in [0.3, 0.4) is 0 Å². The van der Waals surface area contributed by atoms with Crippen LogP contribution >= 0.6 is 0 Å². The molecule has 3 amide bonds. The van der Waals surface area contributed by atoms with E-state index in [1.807, 2.05) is 13.8 Å². The number of carbonyl (C=O) groups is 3. The maximum absolute atomic E-state index is 12.3. The molecule has 0 bridgehead atoms. The molecular weight excluding hydrogens is 428 g/mol. The Morgan fingerprint density at radius 3 is 2.21 bits per heavy atom. The number of hydrogen-bond donors (Lipinski definition) is 2. The van der Waals surface area contributed by atoms with Gasteiger partial charge in [-0.05, 0) is 31.5 Å². The third-order valence-corrected chi connectivity index (χ3v) is 4.54. The van der Waals surface area contributed by atoms with Crippen LogP contribution in [0.4, 0.5) is 15.3 Å². The predicted octanol–water partition coefficient (Wildman–Crippen LogP) is 3.07. The van der Waals surface area contributed by atoms with Crippen LogP contribution in [0.2, 0.25) is 0 Å². The van der Waals surface area contributed by atoms with Gasteiger partial charge >= 0.3 is 12.2 Å². The summed E-state index contributed by atoms with van der Waals surface area (Å²) in [5, 5.41) is 6.03. The molecule has 0 saturated heterocycles. The second-order valence-electron chi connectivity index (χ2n) is 8.27. The molecule has 2 N–H and O–H groups in total. The molecular formula is C23H38N4O6. The Bertz CT molecular complexity index is 784. The van der Waals surface area contributed by atoms with Crippen molar-refractivity contribution in [2.75, 3.05) is 46.2 Å². The van der Waals surface area contributed by atoms with E-state index in [0.29, 0.717) is 42.6 Å². The molecule has 1 aromatic carbocycles. The Morgan fingerprint density at radius 1 is 1.00 bits per heavy atom. The van der Waals surface area contributed by atoms with Crippen molar-refractivity contribution >= 4 is 23.8 Å². The fraction of sp³-hybridized carbons (Fsp3) is 0.609. The van der Waals surface area contributed by atoms with E-state index in [1.54, 1.807) is 46.1 Å². The zero-order chi connectivity index (χ0) is 25.0. The molecule has 0 spiro atoms. The summed E-state index contributed by atoms with van der Waals surface area (Å²) in [7, 11) is 4.72. The van der Waals surface area contributed by atoms with E-state index in [9.17, 15) is 14.4 Å². The van der Waals surface area contributed by atoms with Gasteiger partial charge in [0.25, 0.3) is 0 Å². The molecule has 0 radical (unpaired) electrons. The van der Waals surface area contributed by atoms with Gasteiger partial charge in [0.2, 0.25) is 5.91 Å². The van der Waals surface area contributed by atoms with E-state index >= 15 is 0 Å². The van der Waals surface area contributed by atoms with E-state index in [1.165, 1.54) is 16.9 Å². The molecule has 0 atom stereocenters. The molecule has 186 valence electrons. The van der Waals surface area contributed by atoms with Crippen molar-refractivity contribution in [1.82, 2.24) is 15.1 Å². The monoisotopic (exact) mass is 466 g/mol. The van der Waals surface area contributed by atoms with Gasteiger partial charge in [0, 0.05) is 46.2 Å². The largest absolute Gasteiger partial charge is 0.495 e. The predicted molar refractivity (Wildman–Crippen MR) is 126 cm³/mol. The molecule has 0 saturated carbocycles. The number of amides is 3. The minimum Gasteiger partial charge on any atom is -0.495 e. The smallest absolute Gasteiger partial charge is 0.409 e. The summed E-state index contributed by atoms with van der Waals surface area (Å²) >= 11 is 0. The van der Waals surface area contributed by atoms with Gasteiger partial charge in [0.1, 0.15) is 12.4 Å². The summed E-state index contributed by atoms with van der Waals surface area (Å²) in [4.78, 5) is 39.1. The van der Waals surface area contributed by atoms with E-state index < -0.39 is 12.2 Å². The second-order valence-corrected chi connectivity index (χ2v) is 8.27. The number of hydrogen-bond acceptors (Lipinski definition) is 7. The van der Waals surface area contributed by atoms with Gasteiger partial charge in [-0.2, -0.15) is 0 Å². The highest BCUT2D eigenvalue weighted by Crippen LogP contribution is 2.26. The Hall–Kier alpha value is -3.01. The van der Waals surface area contributed by atoms with E-state index in [0.717, 1.165) is 0 Å². The topological polar surface area (TPSA) is 109 Å². The van der Waals surface area contributed by atoms with Crippen molar-refractivity contribution in [3.63, 3.8) is 0 Å². The number of nitrogens with one attached hydrogen (secondary N) is 2. The quantitative estimate of drug-likeness (QED) is 0.487. The maximum atomic E-state index is 12.3. The van der Waals surface area contributed by atoms with Crippen LogP contribution in [0.25, 0.3) is 0 Å². The molecule has 0 aliphatic carbocycles. The molecule has 0 fully saturated rings. The van der Waals surface area contributed by atoms with E-state index in [-0.39, 0.29) is 25.2 Å². The summed E-state index contributed by atoms with van der Waals surface area (Å²) in [5.74, 6) is 0.374. The Kier molecular flexibility index (Phi) is 12.1. The van der Waals surface area contributed by atoms with Crippen LogP contribution in [0.5, 0.6) is 5.75 Å². The third-order valence-electron chi connectivity index (χ3n) is 4.54. The lowest BCUT2D eigenvalue weighted by atomic mass is 10.2. The molecule has 33 heavy (non-hydrogen) atoms. The number of nitrogens with zero attached hydrogens (tertiary/aromatic N) is 2. The average molecular weight is 467 g/mol. The Balaban J connectivity index is 2.58. The summed E-state index contributed by atoms with van der Waals surface area (Å²) in [6.45, 7) is 8.77. The fourth-order valence-electron chi connectivity index (χ4n) is 2.66. The summed E-state index contributed by atoms with van der Waals surface area (Å²) in [6.07, 6.45) is -0.857. The first-order valence-electron chi connectivity index (χ1n) is 11.0. The number of ether oxygens (including phenoxy) is 3. The molecule has 1 rings (SSSR count). The van der Waals surface area contributed by atoms with Crippen molar-refractivity contribution in [3.05, 3.63) is 23.8 Å². The standard InChI is InChI=1S/C23H38N4O6/c1-16(2)24-11-10-21(28)25-19-14-18(8-9-20(19)31-7)15-32-22(29)26(5)12-13-27(6)23(30)33-17(3)4/h8-9,14,16-17,24H,10-13,15H2,1-7H3,(H,25,28). The number of methoxy groups -OCH3 is 1. The second kappa shape index (κ2) is 14.2. The van der Waals surface area contributed by atoms with Gasteiger partial charge in [0.15, 0.2) is 0 Å². The lowest BCUT2D eigenvalue weighted by Crippen LogP contribution is -2.38. The van der Waals surface area contributed by atoms with Crippen LogP contribution in [0, 0.1) is 0 Å². The van der Waals surface area contributed by atoms with Crippen LogP contribution in [0.15, 0.2) is 18.2 Å². The molecule has 10 heteroatoms. The van der Waals surface area contributed by atoms with Gasteiger partial charge in [-0.25, -0.2) is 9.59 Å². The van der Waals surface area contributed by atoms with Crippen LogP contribution < -0.4 is 15.4 Å². The van der Waals surface area contributed by atoms with Gasteiger partial charge in [-0.15, -0.1) is 0 Å². The minimum absolute atomic E-state index is 0.0240. The minimum atomic E-state index is -0.526. The van der Waals surface area contributed by atoms with Gasteiger partial charge < -0.3 is 34.6 Å². The Labute approximate surface area is 196 Å². The van der Waals surface area contributed by atoms with Crippen molar-refractivity contribution in [3.8, 4) is 5.75 Å². The number of rotatable bonds is 12. The highest BCUT2D eigenvalue weighted by atomic mass is 16.6. The highest BCUT2D eigenvalue weighted by molar-refractivity contribution is 5.92. The highest BCUT2D eigenvalue weighted by Gasteiger charge is 2.16. The zero-order valence-electron chi connectivity index (χ0n) is 20.8. The lowest BCUT2D eigenvalue weighted by molar-refractivity contribution is -0.116. The normalized spacial score (nSPS) is 10.7. The van der Waals surface area contributed by atoms with Crippen molar-refractivity contribution in [2.24, 2.45) is 0 Å². The van der Waals surface area contributed by atoms with Crippen LogP contribution in [0.1, 0.15) is 39.7 Å². The first kappa shape index (κ1) is 28.0. The summed E-state index contributed by atoms with van der Waals surface area (Å²) in [6, 6.07) is 5.50. The number of benzene rings is 1. The molecule has 0 aliphatic rings. The van der Waals surface area contributed by atoms with E-state index in [4.69, 9.17) is 14.2 Å². The zero-order valence-corrected chi connectivity index (χ0v) is 20.8. The summed E-state index contributed by atoms with van der Waals surface area (Å²) in [5.41, 5.74) is 1.21. The SMILES string of the molecule is COc1ccc(COC(=O)N(C)CCN(C)C(=O)OC(C)C)cc1NC(=O)CCNC(C)C. The number of likely N-dealkylation sites (N-methyl/N-ethyl adjacent to an activating group) is 2. The van der Waals surface area contributed by atoms with Crippen molar-refractivity contribution < 1.29 is 28.6 Å². The maximum Gasteiger partial charge on any atom is 0.409 e. The average Bonchev–Trinajstić information content (AvgIpc) is 2.74. The van der Waals surface area contributed by atoms with Crippen molar-refractivity contribution in [1.29, 1.82) is 0 Å². The van der Waals surface area contributed by atoms with Crippen LogP contribution in [-0.2, 0) is 20.9 Å². The molecule has 0 aromatic heterocycles. The van der Waals surface area contributed by atoms with Gasteiger partial charge in [-0.3, -0.25) is 4.79 Å². The fourth-order valence-corrected chi connectivity index (χ4v) is 2.66. The Morgan fingerprint density at radius 2 is 1.64 bits per heavy atom. The molecule has 0 heterocycles. The molecule has 0 aliphatic heterocycles.